The highest BCUT2D eigenvalue weighted by Gasteiger charge is 2.41. The minimum atomic E-state index is 0.0313. The van der Waals surface area contributed by atoms with E-state index in [1.54, 1.807) is 0 Å². The summed E-state index contributed by atoms with van der Waals surface area (Å²) in [7, 11) is 0. The second kappa shape index (κ2) is 4.24. The van der Waals surface area contributed by atoms with Crippen LogP contribution in [-0.4, -0.2) is 18.8 Å². The fourth-order valence-electron chi connectivity index (χ4n) is 2.50. The van der Waals surface area contributed by atoms with Crippen molar-refractivity contribution in [3.05, 3.63) is 0 Å². The lowest BCUT2D eigenvalue weighted by molar-refractivity contribution is -0.0606. The Labute approximate surface area is 75.5 Å². The van der Waals surface area contributed by atoms with Gasteiger partial charge in [-0.05, 0) is 25.7 Å². The molecule has 0 amide bonds. The first-order chi connectivity index (χ1) is 5.79. The maximum Gasteiger partial charge on any atom is 0.0831 e. The number of rotatable bonds is 4. The van der Waals surface area contributed by atoms with Crippen molar-refractivity contribution in [3.8, 4) is 0 Å². The van der Waals surface area contributed by atoms with E-state index in [2.05, 4.69) is 13.8 Å². The Bertz CT molecular complexity index is 138. The van der Waals surface area contributed by atoms with Gasteiger partial charge in [0.1, 0.15) is 0 Å². The molecule has 2 unspecified atom stereocenters. The van der Waals surface area contributed by atoms with Crippen LogP contribution in [-0.2, 0) is 4.74 Å². The molecule has 1 rings (SSSR count). The Morgan fingerprint density at radius 2 is 2.25 bits per heavy atom. The van der Waals surface area contributed by atoms with E-state index in [0.29, 0.717) is 12.5 Å². The molecule has 0 aromatic heterocycles. The minimum absolute atomic E-state index is 0.0313. The lowest BCUT2D eigenvalue weighted by atomic mass is 9.88. The van der Waals surface area contributed by atoms with Gasteiger partial charge in [-0.15, -0.1) is 0 Å². The largest absolute Gasteiger partial charge is 0.374 e. The van der Waals surface area contributed by atoms with Crippen molar-refractivity contribution in [3.63, 3.8) is 0 Å². The maximum atomic E-state index is 5.82. The van der Waals surface area contributed by atoms with Crippen LogP contribution in [0.3, 0.4) is 0 Å². The SMILES string of the molecule is CCOC1(CN)CCCC1CC. The molecule has 1 aliphatic carbocycles. The lowest BCUT2D eigenvalue weighted by Gasteiger charge is -2.33. The van der Waals surface area contributed by atoms with Gasteiger partial charge in [0.05, 0.1) is 5.60 Å². The Morgan fingerprint density at radius 3 is 2.75 bits per heavy atom. The average molecular weight is 171 g/mol. The van der Waals surface area contributed by atoms with E-state index in [9.17, 15) is 0 Å². The molecule has 2 heteroatoms. The van der Waals surface area contributed by atoms with Gasteiger partial charge < -0.3 is 10.5 Å². The quantitative estimate of drug-likeness (QED) is 0.701. The smallest absolute Gasteiger partial charge is 0.0831 e. The van der Waals surface area contributed by atoms with Gasteiger partial charge in [0.2, 0.25) is 0 Å². The van der Waals surface area contributed by atoms with Crippen LogP contribution in [0.1, 0.15) is 39.5 Å². The van der Waals surface area contributed by atoms with Crippen molar-refractivity contribution in [2.24, 2.45) is 11.7 Å². The molecule has 0 spiro atoms. The van der Waals surface area contributed by atoms with Crippen molar-refractivity contribution < 1.29 is 4.74 Å². The molecular formula is C10H21NO. The van der Waals surface area contributed by atoms with E-state index in [4.69, 9.17) is 10.5 Å². The highest BCUT2D eigenvalue weighted by atomic mass is 16.5. The Morgan fingerprint density at radius 1 is 1.50 bits per heavy atom. The number of nitrogens with two attached hydrogens (primary N) is 1. The summed E-state index contributed by atoms with van der Waals surface area (Å²) in [5.74, 6) is 0.697. The predicted molar refractivity (Wildman–Crippen MR) is 51.0 cm³/mol. The van der Waals surface area contributed by atoms with Crippen molar-refractivity contribution in [1.29, 1.82) is 0 Å². The lowest BCUT2D eigenvalue weighted by Crippen LogP contribution is -2.43. The zero-order valence-electron chi connectivity index (χ0n) is 8.31. The first-order valence-corrected chi connectivity index (χ1v) is 5.13. The third-order valence-electron chi connectivity index (χ3n) is 3.17. The molecule has 0 aromatic carbocycles. The molecule has 12 heavy (non-hydrogen) atoms. The highest BCUT2D eigenvalue weighted by Crippen LogP contribution is 2.39. The predicted octanol–water partition coefficient (Wildman–Crippen LogP) is 1.93. The van der Waals surface area contributed by atoms with Crippen LogP contribution >= 0.6 is 0 Å². The summed E-state index contributed by atoms with van der Waals surface area (Å²) in [4.78, 5) is 0. The highest BCUT2D eigenvalue weighted by molar-refractivity contribution is 4.94. The monoisotopic (exact) mass is 171 g/mol. The van der Waals surface area contributed by atoms with Crippen LogP contribution in [0, 0.1) is 5.92 Å². The molecule has 2 atom stereocenters. The second-order valence-corrected chi connectivity index (χ2v) is 3.70. The van der Waals surface area contributed by atoms with Crippen molar-refractivity contribution in [1.82, 2.24) is 0 Å². The van der Waals surface area contributed by atoms with Crippen LogP contribution in [0.25, 0.3) is 0 Å². The van der Waals surface area contributed by atoms with Gasteiger partial charge in [0.15, 0.2) is 0 Å². The number of hydrogen-bond donors (Lipinski definition) is 1. The first kappa shape index (κ1) is 10.0. The molecular weight excluding hydrogens is 150 g/mol. The van der Waals surface area contributed by atoms with Gasteiger partial charge >= 0.3 is 0 Å². The summed E-state index contributed by atoms with van der Waals surface area (Å²) in [6, 6.07) is 0. The molecule has 1 aliphatic rings. The fourth-order valence-corrected chi connectivity index (χ4v) is 2.50. The Balaban J connectivity index is 2.61. The standard InChI is InChI=1S/C10H21NO/c1-3-9-6-5-7-10(9,8-11)12-4-2/h9H,3-8,11H2,1-2H3. The minimum Gasteiger partial charge on any atom is -0.374 e. The van der Waals surface area contributed by atoms with E-state index in [-0.39, 0.29) is 5.60 Å². The molecule has 2 N–H and O–H groups in total. The van der Waals surface area contributed by atoms with Crippen molar-refractivity contribution in [2.45, 2.75) is 45.1 Å². The van der Waals surface area contributed by atoms with Gasteiger partial charge in [0.25, 0.3) is 0 Å². The summed E-state index contributed by atoms with van der Waals surface area (Å²) in [5, 5.41) is 0. The molecule has 0 bridgehead atoms. The molecule has 0 saturated heterocycles. The average Bonchev–Trinajstić information content (AvgIpc) is 2.49. The van der Waals surface area contributed by atoms with Crippen LogP contribution in [0.5, 0.6) is 0 Å². The van der Waals surface area contributed by atoms with Gasteiger partial charge in [0, 0.05) is 13.2 Å². The maximum absolute atomic E-state index is 5.82. The molecule has 1 saturated carbocycles. The molecule has 0 aromatic rings. The van der Waals surface area contributed by atoms with E-state index < -0.39 is 0 Å². The van der Waals surface area contributed by atoms with Crippen molar-refractivity contribution >= 4 is 0 Å². The van der Waals surface area contributed by atoms with E-state index in [0.717, 1.165) is 13.0 Å². The van der Waals surface area contributed by atoms with Crippen LogP contribution in [0.4, 0.5) is 0 Å². The molecule has 2 nitrogen and oxygen atoms in total. The van der Waals surface area contributed by atoms with Gasteiger partial charge in [-0.1, -0.05) is 19.8 Å². The molecule has 0 heterocycles. The number of ether oxygens (including phenoxy) is 1. The van der Waals surface area contributed by atoms with Crippen LogP contribution in [0.2, 0.25) is 0 Å². The summed E-state index contributed by atoms with van der Waals surface area (Å²) in [6.07, 6.45) is 4.95. The molecule has 1 fully saturated rings. The summed E-state index contributed by atoms with van der Waals surface area (Å²) >= 11 is 0. The normalized spacial score (nSPS) is 35.8. The third-order valence-corrected chi connectivity index (χ3v) is 3.17. The molecule has 0 aliphatic heterocycles. The molecule has 72 valence electrons. The topological polar surface area (TPSA) is 35.2 Å². The Kier molecular flexibility index (Phi) is 3.53. The summed E-state index contributed by atoms with van der Waals surface area (Å²) in [6.45, 7) is 5.79. The number of hydrogen-bond acceptors (Lipinski definition) is 2. The van der Waals surface area contributed by atoms with Crippen molar-refractivity contribution in [2.75, 3.05) is 13.2 Å². The first-order valence-electron chi connectivity index (χ1n) is 5.13. The van der Waals surface area contributed by atoms with Crippen LogP contribution < -0.4 is 5.73 Å². The second-order valence-electron chi connectivity index (χ2n) is 3.70. The van der Waals surface area contributed by atoms with Gasteiger partial charge in [-0.25, -0.2) is 0 Å². The Hall–Kier alpha value is -0.0800. The van der Waals surface area contributed by atoms with Gasteiger partial charge in [-0.2, -0.15) is 0 Å². The summed E-state index contributed by atoms with van der Waals surface area (Å²) < 4.78 is 5.82. The fraction of sp³-hybridized carbons (Fsp3) is 1.00. The van der Waals surface area contributed by atoms with E-state index in [1.165, 1.54) is 19.3 Å². The zero-order valence-corrected chi connectivity index (χ0v) is 8.31. The molecule has 0 radical (unpaired) electrons. The zero-order chi connectivity index (χ0) is 9.03. The van der Waals surface area contributed by atoms with Gasteiger partial charge in [-0.3, -0.25) is 0 Å². The van der Waals surface area contributed by atoms with E-state index in [1.807, 2.05) is 0 Å². The van der Waals surface area contributed by atoms with E-state index >= 15 is 0 Å². The summed E-state index contributed by atoms with van der Waals surface area (Å²) in [5.41, 5.74) is 5.83. The van der Waals surface area contributed by atoms with Crippen LogP contribution in [0.15, 0.2) is 0 Å². The third kappa shape index (κ3) is 1.64.